The molecule has 19 heavy (non-hydrogen) atoms. The van der Waals surface area contributed by atoms with Crippen molar-refractivity contribution in [3.05, 3.63) is 28.8 Å². The second-order valence-electron chi connectivity index (χ2n) is 3.58. The molecule has 100 valence electrons. The summed E-state index contributed by atoms with van der Waals surface area (Å²) in [5, 5.41) is 16.8. The quantitative estimate of drug-likeness (QED) is 0.866. The number of amides is 1. The average Bonchev–Trinajstić information content (AvgIpc) is 2.95. The van der Waals surface area contributed by atoms with Crippen molar-refractivity contribution in [2.45, 2.75) is 6.92 Å². The molecule has 0 aliphatic carbocycles. The van der Waals surface area contributed by atoms with Crippen LogP contribution in [0.4, 0.5) is 5.00 Å². The molecule has 0 aromatic carbocycles. The number of carbonyl (C=O) groups is 2. The zero-order valence-corrected chi connectivity index (χ0v) is 10.7. The van der Waals surface area contributed by atoms with E-state index in [1.54, 1.807) is 18.4 Å². The third-order valence-electron chi connectivity index (χ3n) is 2.11. The number of aromatic nitrogens is 1. The lowest BCUT2D eigenvalue weighted by Crippen LogP contribution is -2.20. The topological polar surface area (TPSA) is 102 Å². The largest absolute Gasteiger partial charge is 0.478 e. The first kappa shape index (κ1) is 13.1. The molecule has 0 fully saturated rings. The summed E-state index contributed by atoms with van der Waals surface area (Å²) in [4.78, 5) is 22.4. The molecule has 8 heteroatoms. The summed E-state index contributed by atoms with van der Waals surface area (Å²) < 4.78 is 9.85. The van der Waals surface area contributed by atoms with E-state index in [0.29, 0.717) is 5.76 Å². The van der Waals surface area contributed by atoms with E-state index in [9.17, 15) is 9.59 Å². The third kappa shape index (κ3) is 3.32. The lowest BCUT2D eigenvalue weighted by atomic mass is 10.3. The molecule has 1 amide bonds. The minimum atomic E-state index is -1.09. The lowest BCUT2D eigenvalue weighted by Gasteiger charge is -2.04. The fourth-order valence-corrected chi connectivity index (χ4v) is 2.08. The molecule has 0 atom stereocenters. The van der Waals surface area contributed by atoms with Gasteiger partial charge < -0.3 is 19.7 Å². The monoisotopic (exact) mass is 282 g/mol. The van der Waals surface area contributed by atoms with Crippen LogP contribution in [0.1, 0.15) is 16.1 Å². The van der Waals surface area contributed by atoms with Gasteiger partial charge in [0.1, 0.15) is 10.8 Å². The van der Waals surface area contributed by atoms with Crippen LogP contribution in [0.2, 0.25) is 0 Å². The summed E-state index contributed by atoms with van der Waals surface area (Å²) in [7, 11) is 0. The van der Waals surface area contributed by atoms with Gasteiger partial charge in [-0.05, 0) is 23.5 Å². The fraction of sp³-hybridized carbons (Fsp3) is 0.182. The Morgan fingerprint density at radius 1 is 1.58 bits per heavy atom. The molecule has 0 spiro atoms. The number of rotatable bonds is 5. The van der Waals surface area contributed by atoms with E-state index in [0.717, 1.165) is 11.3 Å². The normalized spacial score (nSPS) is 10.2. The van der Waals surface area contributed by atoms with E-state index in [1.165, 1.54) is 6.07 Å². The maximum Gasteiger partial charge on any atom is 0.338 e. The fourth-order valence-electron chi connectivity index (χ4n) is 1.29. The van der Waals surface area contributed by atoms with Crippen LogP contribution in [-0.4, -0.2) is 28.7 Å². The molecule has 0 bridgehead atoms. The van der Waals surface area contributed by atoms with Crippen LogP contribution in [0.25, 0.3) is 0 Å². The summed E-state index contributed by atoms with van der Waals surface area (Å²) >= 11 is 1.13. The molecule has 2 aromatic rings. The van der Waals surface area contributed by atoms with E-state index in [-0.39, 0.29) is 23.1 Å². The van der Waals surface area contributed by atoms with Gasteiger partial charge in [0.2, 0.25) is 0 Å². The summed E-state index contributed by atoms with van der Waals surface area (Å²) in [5.74, 6) is -0.783. The predicted octanol–water partition coefficient (Wildman–Crippen LogP) is 1.76. The second-order valence-corrected chi connectivity index (χ2v) is 4.50. The first-order chi connectivity index (χ1) is 9.06. The van der Waals surface area contributed by atoms with Crippen LogP contribution >= 0.6 is 11.3 Å². The number of carbonyl (C=O) groups excluding carboxylic acids is 1. The molecule has 0 saturated heterocycles. The highest BCUT2D eigenvalue weighted by Gasteiger charge is 2.14. The smallest absolute Gasteiger partial charge is 0.338 e. The number of carboxylic acid groups (broad SMARTS) is 1. The summed E-state index contributed by atoms with van der Waals surface area (Å²) in [6, 6.07) is 2.96. The van der Waals surface area contributed by atoms with Crippen LogP contribution in [-0.2, 0) is 4.79 Å². The maximum atomic E-state index is 11.6. The summed E-state index contributed by atoms with van der Waals surface area (Å²) in [6.45, 7) is 1.42. The van der Waals surface area contributed by atoms with Gasteiger partial charge in [-0.3, -0.25) is 4.79 Å². The van der Waals surface area contributed by atoms with E-state index in [2.05, 4.69) is 10.5 Å². The Balaban J connectivity index is 1.90. The van der Waals surface area contributed by atoms with Crippen molar-refractivity contribution in [3.8, 4) is 5.88 Å². The van der Waals surface area contributed by atoms with Gasteiger partial charge >= 0.3 is 5.97 Å². The summed E-state index contributed by atoms with van der Waals surface area (Å²) in [6.07, 6.45) is 0. The van der Waals surface area contributed by atoms with Crippen LogP contribution in [0.5, 0.6) is 5.88 Å². The molecule has 0 unspecified atom stereocenters. The van der Waals surface area contributed by atoms with Gasteiger partial charge in [-0.15, -0.1) is 11.3 Å². The van der Waals surface area contributed by atoms with Crippen LogP contribution < -0.4 is 10.1 Å². The molecule has 2 rings (SSSR count). The van der Waals surface area contributed by atoms with Gasteiger partial charge in [-0.1, -0.05) is 0 Å². The van der Waals surface area contributed by atoms with Crippen LogP contribution in [0.3, 0.4) is 0 Å². The van der Waals surface area contributed by atoms with Crippen molar-refractivity contribution in [1.29, 1.82) is 0 Å². The zero-order valence-electron chi connectivity index (χ0n) is 9.87. The maximum absolute atomic E-state index is 11.6. The molecule has 0 aliphatic rings. The summed E-state index contributed by atoms with van der Waals surface area (Å²) in [5.41, 5.74) is 0.0515. The first-order valence-corrected chi connectivity index (χ1v) is 6.11. The highest BCUT2D eigenvalue weighted by atomic mass is 32.1. The Morgan fingerprint density at radius 3 is 3.00 bits per heavy atom. The Labute approximate surface area is 111 Å². The molecule has 7 nitrogen and oxygen atoms in total. The van der Waals surface area contributed by atoms with E-state index < -0.39 is 11.9 Å². The average molecular weight is 282 g/mol. The number of hydrogen-bond donors (Lipinski definition) is 2. The number of ether oxygens (including phenoxy) is 1. The van der Waals surface area contributed by atoms with Crippen molar-refractivity contribution in [3.63, 3.8) is 0 Å². The molecular formula is C11H10N2O5S. The van der Waals surface area contributed by atoms with Crippen molar-refractivity contribution < 1.29 is 24.0 Å². The molecule has 2 N–H and O–H groups in total. The molecule has 2 aromatic heterocycles. The number of nitrogens with zero attached hydrogens (tertiary/aromatic N) is 1. The highest BCUT2D eigenvalue weighted by Crippen LogP contribution is 2.23. The third-order valence-corrected chi connectivity index (χ3v) is 2.94. The van der Waals surface area contributed by atoms with Crippen LogP contribution in [0.15, 0.2) is 22.0 Å². The second kappa shape index (κ2) is 5.53. The number of thiophene rings is 1. The molecule has 0 radical (unpaired) electrons. The predicted molar refractivity (Wildman–Crippen MR) is 66.6 cm³/mol. The minimum absolute atomic E-state index is 0.0515. The number of carboxylic acids is 1. The SMILES string of the molecule is Cc1cc(OCC(=O)Nc2sccc2C(=O)O)no1. The van der Waals surface area contributed by atoms with Gasteiger partial charge in [-0.25, -0.2) is 4.79 Å². The first-order valence-electron chi connectivity index (χ1n) is 5.23. The Morgan fingerprint density at radius 2 is 2.37 bits per heavy atom. The standard InChI is InChI=1S/C11H10N2O5S/c1-6-4-9(13-18-6)17-5-8(14)12-10-7(11(15)16)2-3-19-10/h2-4H,5H2,1H3,(H,12,14)(H,15,16). The van der Waals surface area contributed by atoms with Gasteiger partial charge in [-0.2, -0.15) is 0 Å². The number of aromatic carboxylic acids is 1. The van der Waals surface area contributed by atoms with Crippen molar-refractivity contribution >= 4 is 28.2 Å². The number of anilines is 1. The Kier molecular flexibility index (Phi) is 3.81. The van der Waals surface area contributed by atoms with Crippen molar-refractivity contribution in [1.82, 2.24) is 5.16 Å². The number of nitrogens with one attached hydrogen (secondary N) is 1. The number of aryl methyl sites for hydroxylation is 1. The molecule has 0 aliphatic heterocycles. The molecule has 0 saturated carbocycles. The van der Waals surface area contributed by atoms with E-state index in [1.807, 2.05) is 0 Å². The van der Waals surface area contributed by atoms with E-state index >= 15 is 0 Å². The lowest BCUT2D eigenvalue weighted by molar-refractivity contribution is -0.118. The number of hydrogen-bond acceptors (Lipinski definition) is 6. The van der Waals surface area contributed by atoms with Crippen molar-refractivity contribution in [2.24, 2.45) is 0 Å². The van der Waals surface area contributed by atoms with Gasteiger partial charge in [0.15, 0.2) is 6.61 Å². The van der Waals surface area contributed by atoms with E-state index in [4.69, 9.17) is 14.4 Å². The Hall–Kier alpha value is -2.35. The highest BCUT2D eigenvalue weighted by molar-refractivity contribution is 7.14. The van der Waals surface area contributed by atoms with Gasteiger partial charge in [0, 0.05) is 6.07 Å². The van der Waals surface area contributed by atoms with Gasteiger partial charge in [0.05, 0.1) is 5.56 Å². The molecule has 2 heterocycles. The van der Waals surface area contributed by atoms with Gasteiger partial charge in [0.25, 0.3) is 11.8 Å². The minimum Gasteiger partial charge on any atom is -0.478 e. The van der Waals surface area contributed by atoms with Crippen LogP contribution in [0, 0.1) is 6.92 Å². The zero-order chi connectivity index (χ0) is 13.8. The van der Waals surface area contributed by atoms with Crippen molar-refractivity contribution in [2.75, 3.05) is 11.9 Å². The molecular weight excluding hydrogens is 272 g/mol. The Bertz CT molecular complexity index is 604.